The third kappa shape index (κ3) is 4.99. The molecule has 28 heavy (non-hydrogen) atoms. The van der Waals surface area contributed by atoms with E-state index in [1.807, 2.05) is 30.0 Å². The molecule has 5 heteroatoms. The Balaban J connectivity index is 1.41. The molecule has 0 saturated carbocycles. The second kappa shape index (κ2) is 9.33. The van der Waals surface area contributed by atoms with Gasteiger partial charge in [0.1, 0.15) is 5.75 Å². The third-order valence-electron chi connectivity index (χ3n) is 5.48. The van der Waals surface area contributed by atoms with Gasteiger partial charge in [-0.2, -0.15) is 0 Å². The van der Waals surface area contributed by atoms with Gasteiger partial charge in [0.05, 0.1) is 6.61 Å². The molecule has 4 nitrogen and oxygen atoms in total. The molecule has 1 fully saturated rings. The van der Waals surface area contributed by atoms with E-state index in [0.29, 0.717) is 13.0 Å². The monoisotopic (exact) mass is 400 g/mol. The maximum atomic E-state index is 12.5. The Morgan fingerprint density at radius 1 is 1.04 bits per heavy atom. The molecule has 1 aliphatic heterocycles. The molecule has 0 atom stereocenters. The Kier molecular flexibility index (Phi) is 6.84. The van der Waals surface area contributed by atoms with Crippen LogP contribution in [0.1, 0.15) is 29.5 Å². The SMILES string of the molecule is Cc1cc(OCCCC(=O)N2CCN(c3cccc(C)c3C)CC2)ccc1Cl. The minimum absolute atomic E-state index is 0.219. The van der Waals surface area contributed by atoms with Gasteiger partial charge in [0, 0.05) is 43.3 Å². The van der Waals surface area contributed by atoms with Crippen LogP contribution in [0.15, 0.2) is 36.4 Å². The molecule has 1 heterocycles. The smallest absolute Gasteiger partial charge is 0.222 e. The van der Waals surface area contributed by atoms with Crippen LogP contribution in [0, 0.1) is 20.8 Å². The maximum Gasteiger partial charge on any atom is 0.222 e. The second-order valence-corrected chi connectivity index (χ2v) is 7.86. The lowest BCUT2D eigenvalue weighted by Gasteiger charge is -2.37. The van der Waals surface area contributed by atoms with E-state index in [4.69, 9.17) is 16.3 Å². The molecule has 150 valence electrons. The summed E-state index contributed by atoms with van der Waals surface area (Å²) in [6.45, 7) is 10.1. The first-order chi connectivity index (χ1) is 13.5. The molecule has 0 unspecified atom stereocenters. The van der Waals surface area contributed by atoms with Gasteiger partial charge < -0.3 is 14.5 Å². The lowest BCUT2D eigenvalue weighted by molar-refractivity contribution is -0.131. The molecule has 0 bridgehead atoms. The molecule has 1 aliphatic rings. The minimum atomic E-state index is 0.219. The summed E-state index contributed by atoms with van der Waals surface area (Å²) in [5.41, 5.74) is 4.93. The van der Waals surface area contributed by atoms with E-state index >= 15 is 0 Å². The van der Waals surface area contributed by atoms with Crippen LogP contribution in [-0.4, -0.2) is 43.6 Å². The summed E-state index contributed by atoms with van der Waals surface area (Å²) in [5.74, 6) is 1.02. The number of nitrogens with zero attached hydrogens (tertiary/aromatic N) is 2. The van der Waals surface area contributed by atoms with Gasteiger partial charge in [0.25, 0.3) is 0 Å². The highest BCUT2D eigenvalue weighted by Gasteiger charge is 2.22. The van der Waals surface area contributed by atoms with Gasteiger partial charge in [-0.05, 0) is 68.1 Å². The predicted octanol–water partition coefficient (Wildman–Crippen LogP) is 4.77. The van der Waals surface area contributed by atoms with Crippen molar-refractivity contribution in [3.63, 3.8) is 0 Å². The van der Waals surface area contributed by atoms with Crippen molar-refractivity contribution >= 4 is 23.2 Å². The Labute approximate surface area is 173 Å². The molecule has 1 amide bonds. The normalized spacial score (nSPS) is 14.3. The van der Waals surface area contributed by atoms with Crippen LogP contribution in [0.2, 0.25) is 5.02 Å². The van der Waals surface area contributed by atoms with Crippen molar-refractivity contribution in [2.45, 2.75) is 33.6 Å². The summed E-state index contributed by atoms with van der Waals surface area (Å²) in [6.07, 6.45) is 1.24. The summed E-state index contributed by atoms with van der Waals surface area (Å²) in [4.78, 5) is 16.9. The highest BCUT2D eigenvalue weighted by atomic mass is 35.5. The fraction of sp³-hybridized carbons (Fsp3) is 0.435. The first-order valence-corrected chi connectivity index (χ1v) is 10.3. The van der Waals surface area contributed by atoms with Crippen molar-refractivity contribution in [1.29, 1.82) is 0 Å². The molecule has 0 spiro atoms. The van der Waals surface area contributed by atoms with Crippen LogP contribution in [-0.2, 0) is 4.79 Å². The van der Waals surface area contributed by atoms with Gasteiger partial charge in [0.2, 0.25) is 5.91 Å². The second-order valence-electron chi connectivity index (χ2n) is 7.45. The van der Waals surface area contributed by atoms with Crippen molar-refractivity contribution in [1.82, 2.24) is 4.90 Å². The molecule has 2 aromatic carbocycles. The van der Waals surface area contributed by atoms with E-state index in [1.165, 1.54) is 16.8 Å². The predicted molar refractivity (Wildman–Crippen MR) is 116 cm³/mol. The average molecular weight is 401 g/mol. The number of hydrogen-bond donors (Lipinski definition) is 0. The van der Waals surface area contributed by atoms with Crippen LogP contribution in [0.5, 0.6) is 5.75 Å². The standard InChI is InChI=1S/C23H29ClN2O2/c1-17-6-4-7-22(19(17)3)25-11-13-26(14-12-25)23(27)8-5-15-28-20-9-10-21(24)18(2)16-20/h4,6-7,9-10,16H,5,8,11-15H2,1-3H3. The largest absolute Gasteiger partial charge is 0.494 e. The molecule has 0 aromatic heterocycles. The summed E-state index contributed by atoms with van der Waals surface area (Å²) in [6, 6.07) is 12.1. The molecule has 2 aromatic rings. The van der Waals surface area contributed by atoms with Gasteiger partial charge in [-0.25, -0.2) is 0 Å². The van der Waals surface area contributed by atoms with Gasteiger partial charge in [-0.3, -0.25) is 4.79 Å². The van der Waals surface area contributed by atoms with Crippen molar-refractivity contribution < 1.29 is 9.53 Å². The molecule has 3 rings (SSSR count). The van der Waals surface area contributed by atoms with Gasteiger partial charge in [-0.15, -0.1) is 0 Å². The molecular formula is C23H29ClN2O2. The maximum absolute atomic E-state index is 12.5. The van der Waals surface area contributed by atoms with Crippen LogP contribution in [0.25, 0.3) is 0 Å². The molecule has 1 saturated heterocycles. The summed E-state index contributed by atoms with van der Waals surface area (Å²) in [7, 11) is 0. The van der Waals surface area contributed by atoms with Crippen LogP contribution < -0.4 is 9.64 Å². The number of aryl methyl sites for hydroxylation is 2. The van der Waals surface area contributed by atoms with E-state index in [0.717, 1.165) is 48.9 Å². The quantitative estimate of drug-likeness (QED) is 0.654. The van der Waals surface area contributed by atoms with Crippen LogP contribution in [0.4, 0.5) is 5.69 Å². The van der Waals surface area contributed by atoms with E-state index in [-0.39, 0.29) is 5.91 Å². The first kappa shape index (κ1) is 20.5. The molecular weight excluding hydrogens is 372 g/mol. The highest BCUT2D eigenvalue weighted by molar-refractivity contribution is 6.31. The minimum Gasteiger partial charge on any atom is -0.494 e. The van der Waals surface area contributed by atoms with Crippen molar-refractivity contribution in [3.05, 3.63) is 58.1 Å². The number of benzene rings is 2. The number of carbonyl (C=O) groups is 1. The highest BCUT2D eigenvalue weighted by Crippen LogP contribution is 2.24. The van der Waals surface area contributed by atoms with Gasteiger partial charge in [-0.1, -0.05) is 23.7 Å². The number of rotatable bonds is 6. The fourth-order valence-electron chi connectivity index (χ4n) is 3.55. The van der Waals surface area contributed by atoms with E-state index in [2.05, 4.69) is 36.9 Å². The Morgan fingerprint density at radius 3 is 2.50 bits per heavy atom. The summed E-state index contributed by atoms with van der Waals surface area (Å²) < 4.78 is 5.74. The van der Waals surface area contributed by atoms with Crippen molar-refractivity contribution in [2.24, 2.45) is 0 Å². The topological polar surface area (TPSA) is 32.8 Å². The van der Waals surface area contributed by atoms with E-state index in [9.17, 15) is 4.79 Å². The lowest BCUT2D eigenvalue weighted by atomic mass is 10.1. The lowest BCUT2D eigenvalue weighted by Crippen LogP contribution is -2.49. The number of anilines is 1. The number of carbonyl (C=O) groups excluding carboxylic acids is 1. The Bertz CT molecular complexity index is 829. The average Bonchev–Trinajstić information content (AvgIpc) is 2.70. The number of halogens is 1. The summed E-state index contributed by atoms with van der Waals surface area (Å²) >= 11 is 6.03. The number of amides is 1. The first-order valence-electron chi connectivity index (χ1n) is 9.93. The number of piperazine rings is 1. The van der Waals surface area contributed by atoms with E-state index < -0.39 is 0 Å². The molecule has 0 aliphatic carbocycles. The van der Waals surface area contributed by atoms with Crippen molar-refractivity contribution in [2.75, 3.05) is 37.7 Å². The fourth-order valence-corrected chi connectivity index (χ4v) is 3.67. The van der Waals surface area contributed by atoms with Crippen LogP contribution >= 0.6 is 11.6 Å². The molecule has 0 radical (unpaired) electrons. The van der Waals surface area contributed by atoms with Gasteiger partial charge >= 0.3 is 0 Å². The third-order valence-corrected chi connectivity index (χ3v) is 5.91. The van der Waals surface area contributed by atoms with Crippen LogP contribution in [0.3, 0.4) is 0 Å². The molecule has 0 N–H and O–H groups in total. The van der Waals surface area contributed by atoms with E-state index in [1.54, 1.807) is 0 Å². The Morgan fingerprint density at radius 2 is 1.79 bits per heavy atom. The van der Waals surface area contributed by atoms with Gasteiger partial charge in [0.15, 0.2) is 0 Å². The summed E-state index contributed by atoms with van der Waals surface area (Å²) in [5, 5.41) is 0.738. The Hall–Kier alpha value is -2.20. The van der Waals surface area contributed by atoms with Crippen molar-refractivity contribution in [3.8, 4) is 5.75 Å². The number of ether oxygens (including phenoxy) is 1. The zero-order chi connectivity index (χ0) is 20.1. The number of hydrogen-bond acceptors (Lipinski definition) is 3. The zero-order valence-corrected chi connectivity index (χ0v) is 17.8. The zero-order valence-electron chi connectivity index (χ0n) is 17.0.